The second-order valence-electron chi connectivity index (χ2n) is 6.34. The molecule has 0 bridgehead atoms. The molecule has 1 N–H and O–H groups in total. The SMILES string of the molecule is CCCN(c1nc(C(C)(C)C)c(CNC)s1)C(C)C. The molecule has 0 aliphatic carbocycles. The monoisotopic (exact) mass is 283 g/mol. The van der Waals surface area contributed by atoms with Gasteiger partial charge in [-0.15, -0.1) is 11.3 Å². The van der Waals surface area contributed by atoms with Gasteiger partial charge in [-0.1, -0.05) is 27.7 Å². The van der Waals surface area contributed by atoms with Gasteiger partial charge in [0.05, 0.1) is 5.69 Å². The van der Waals surface area contributed by atoms with Crippen molar-refractivity contribution in [3.05, 3.63) is 10.6 Å². The Morgan fingerprint density at radius 1 is 1.32 bits per heavy atom. The Morgan fingerprint density at radius 3 is 2.37 bits per heavy atom. The van der Waals surface area contributed by atoms with Gasteiger partial charge in [-0.25, -0.2) is 4.98 Å². The van der Waals surface area contributed by atoms with Crippen molar-refractivity contribution >= 4 is 16.5 Å². The molecule has 0 amide bonds. The van der Waals surface area contributed by atoms with Gasteiger partial charge in [0.2, 0.25) is 0 Å². The Bertz CT molecular complexity index is 391. The molecule has 1 aromatic rings. The third-order valence-electron chi connectivity index (χ3n) is 3.07. The lowest BCUT2D eigenvalue weighted by Gasteiger charge is -2.25. The standard InChI is InChI=1S/C15H29N3S/c1-8-9-18(11(2)3)14-17-13(15(4,5)6)12(19-14)10-16-7/h11,16H,8-10H2,1-7H3. The highest BCUT2D eigenvalue weighted by Crippen LogP contribution is 2.34. The summed E-state index contributed by atoms with van der Waals surface area (Å²) in [6.45, 7) is 15.4. The maximum Gasteiger partial charge on any atom is 0.186 e. The number of thiazole rings is 1. The molecule has 0 aromatic carbocycles. The number of anilines is 1. The molecule has 110 valence electrons. The maximum atomic E-state index is 4.94. The summed E-state index contributed by atoms with van der Waals surface area (Å²) in [6.07, 6.45) is 1.16. The van der Waals surface area contributed by atoms with Gasteiger partial charge in [-0.05, 0) is 27.3 Å². The predicted octanol–water partition coefficient (Wildman–Crippen LogP) is 3.78. The lowest BCUT2D eigenvalue weighted by Crippen LogP contribution is -2.31. The van der Waals surface area contributed by atoms with Gasteiger partial charge >= 0.3 is 0 Å². The zero-order valence-electron chi connectivity index (χ0n) is 13.5. The van der Waals surface area contributed by atoms with Crippen molar-refractivity contribution in [1.82, 2.24) is 10.3 Å². The summed E-state index contributed by atoms with van der Waals surface area (Å²) in [6, 6.07) is 0.501. The van der Waals surface area contributed by atoms with Crippen molar-refractivity contribution in [1.29, 1.82) is 0 Å². The molecule has 0 fully saturated rings. The topological polar surface area (TPSA) is 28.2 Å². The predicted molar refractivity (Wildman–Crippen MR) is 86.4 cm³/mol. The summed E-state index contributed by atoms with van der Waals surface area (Å²) in [5, 5.41) is 4.44. The Morgan fingerprint density at radius 2 is 1.95 bits per heavy atom. The normalized spacial score (nSPS) is 12.2. The maximum absolute atomic E-state index is 4.94. The fourth-order valence-electron chi connectivity index (χ4n) is 2.14. The Kier molecular flexibility index (Phi) is 5.81. The molecule has 1 heterocycles. The van der Waals surface area contributed by atoms with E-state index in [-0.39, 0.29) is 5.41 Å². The third kappa shape index (κ3) is 4.18. The van der Waals surface area contributed by atoms with Gasteiger partial charge in [0.1, 0.15) is 0 Å². The number of rotatable bonds is 6. The third-order valence-corrected chi connectivity index (χ3v) is 4.16. The summed E-state index contributed by atoms with van der Waals surface area (Å²) in [5.41, 5.74) is 1.35. The van der Waals surface area contributed by atoms with Crippen molar-refractivity contribution in [2.45, 2.75) is 66.0 Å². The van der Waals surface area contributed by atoms with E-state index >= 15 is 0 Å². The van der Waals surface area contributed by atoms with Crippen LogP contribution >= 0.6 is 11.3 Å². The van der Waals surface area contributed by atoms with Crippen molar-refractivity contribution < 1.29 is 0 Å². The largest absolute Gasteiger partial charge is 0.346 e. The summed E-state index contributed by atoms with van der Waals surface area (Å²) in [4.78, 5) is 8.73. The fraction of sp³-hybridized carbons (Fsp3) is 0.800. The first-order chi connectivity index (χ1) is 8.81. The molecule has 0 aliphatic heterocycles. The van der Waals surface area contributed by atoms with Crippen LogP contribution in [0.25, 0.3) is 0 Å². The Balaban J connectivity index is 3.15. The molecule has 1 aromatic heterocycles. The first kappa shape index (κ1) is 16.4. The summed E-state index contributed by atoms with van der Waals surface area (Å²) in [5.74, 6) is 0. The average Bonchev–Trinajstić information content (AvgIpc) is 2.69. The highest BCUT2D eigenvalue weighted by molar-refractivity contribution is 7.15. The van der Waals surface area contributed by atoms with Gasteiger partial charge in [0.15, 0.2) is 5.13 Å². The molecular formula is C15H29N3S. The number of nitrogens with zero attached hydrogens (tertiary/aromatic N) is 2. The quantitative estimate of drug-likeness (QED) is 0.861. The van der Waals surface area contributed by atoms with E-state index in [9.17, 15) is 0 Å². The first-order valence-electron chi connectivity index (χ1n) is 7.22. The summed E-state index contributed by atoms with van der Waals surface area (Å²) < 4.78 is 0. The van der Waals surface area contributed by atoms with Gasteiger partial charge in [-0.2, -0.15) is 0 Å². The number of aromatic nitrogens is 1. The second kappa shape index (κ2) is 6.71. The summed E-state index contributed by atoms with van der Waals surface area (Å²) in [7, 11) is 2.00. The molecule has 3 nitrogen and oxygen atoms in total. The Labute approximate surface area is 122 Å². The molecular weight excluding hydrogens is 254 g/mol. The summed E-state index contributed by atoms with van der Waals surface area (Å²) >= 11 is 1.84. The van der Waals surface area contributed by atoms with Crippen LogP contribution in [-0.2, 0) is 12.0 Å². The zero-order chi connectivity index (χ0) is 14.6. The van der Waals surface area contributed by atoms with Crippen LogP contribution < -0.4 is 10.2 Å². The molecule has 4 heteroatoms. The van der Waals surface area contributed by atoms with Crippen LogP contribution in [0.3, 0.4) is 0 Å². The van der Waals surface area contributed by atoms with E-state index in [1.54, 1.807) is 0 Å². The first-order valence-corrected chi connectivity index (χ1v) is 8.04. The molecule has 0 aliphatic rings. The molecule has 1 rings (SSSR count). The zero-order valence-corrected chi connectivity index (χ0v) is 14.3. The van der Waals surface area contributed by atoms with Crippen LogP contribution in [0, 0.1) is 0 Å². The average molecular weight is 283 g/mol. The molecule has 0 saturated heterocycles. The van der Waals surface area contributed by atoms with Crippen LogP contribution in [0.2, 0.25) is 0 Å². The minimum Gasteiger partial charge on any atom is -0.346 e. The molecule has 0 atom stereocenters. The van der Waals surface area contributed by atoms with Crippen LogP contribution in [0.15, 0.2) is 0 Å². The lowest BCUT2D eigenvalue weighted by atomic mass is 9.91. The van der Waals surface area contributed by atoms with Crippen molar-refractivity contribution in [3.63, 3.8) is 0 Å². The highest BCUT2D eigenvalue weighted by Gasteiger charge is 2.25. The van der Waals surface area contributed by atoms with Crippen molar-refractivity contribution in [2.24, 2.45) is 0 Å². The molecule has 19 heavy (non-hydrogen) atoms. The van der Waals surface area contributed by atoms with E-state index < -0.39 is 0 Å². The van der Waals surface area contributed by atoms with Crippen molar-refractivity contribution in [2.75, 3.05) is 18.5 Å². The minimum absolute atomic E-state index is 0.107. The number of nitrogens with one attached hydrogen (secondary N) is 1. The van der Waals surface area contributed by atoms with Crippen LogP contribution in [-0.4, -0.2) is 24.6 Å². The van der Waals surface area contributed by atoms with E-state index in [0.717, 1.165) is 19.5 Å². The smallest absolute Gasteiger partial charge is 0.186 e. The van der Waals surface area contributed by atoms with Crippen molar-refractivity contribution in [3.8, 4) is 0 Å². The molecule has 0 spiro atoms. The minimum atomic E-state index is 0.107. The molecule has 0 unspecified atom stereocenters. The molecule has 0 radical (unpaired) electrons. The Hall–Kier alpha value is -0.610. The van der Waals surface area contributed by atoms with Crippen LogP contribution in [0.1, 0.15) is 58.5 Å². The second-order valence-corrected chi connectivity index (χ2v) is 7.40. The van der Waals surface area contributed by atoms with Gasteiger partial charge < -0.3 is 10.2 Å². The van der Waals surface area contributed by atoms with E-state index in [2.05, 4.69) is 51.8 Å². The van der Waals surface area contributed by atoms with E-state index in [4.69, 9.17) is 4.98 Å². The number of hydrogen-bond donors (Lipinski definition) is 1. The lowest BCUT2D eigenvalue weighted by molar-refractivity contribution is 0.561. The number of hydrogen-bond acceptors (Lipinski definition) is 4. The highest BCUT2D eigenvalue weighted by atomic mass is 32.1. The van der Waals surface area contributed by atoms with E-state index in [1.165, 1.54) is 15.7 Å². The van der Waals surface area contributed by atoms with Gasteiger partial charge in [0, 0.05) is 29.4 Å². The van der Waals surface area contributed by atoms with Crippen LogP contribution in [0.5, 0.6) is 0 Å². The fourth-order valence-corrected chi connectivity index (χ4v) is 3.59. The van der Waals surface area contributed by atoms with E-state index in [1.807, 2.05) is 18.4 Å². The molecule has 0 saturated carbocycles. The van der Waals surface area contributed by atoms with Gasteiger partial charge in [0.25, 0.3) is 0 Å². The van der Waals surface area contributed by atoms with E-state index in [0.29, 0.717) is 6.04 Å². The van der Waals surface area contributed by atoms with Gasteiger partial charge in [-0.3, -0.25) is 0 Å². The van der Waals surface area contributed by atoms with Crippen LogP contribution in [0.4, 0.5) is 5.13 Å².